The zero-order valence-corrected chi connectivity index (χ0v) is 27.6. The van der Waals surface area contributed by atoms with Crippen molar-refractivity contribution in [1.29, 1.82) is 0 Å². The molecule has 0 saturated carbocycles. The SMILES string of the molecule is CCCCCc1cc(Cc2ccc(N)cc2)ccc1CCCCCCc1ccc(Cc2ccc(N)cc2)cc1CCCCC. The van der Waals surface area contributed by atoms with E-state index in [0.29, 0.717) is 0 Å². The minimum Gasteiger partial charge on any atom is -0.399 e. The summed E-state index contributed by atoms with van der Waals surface area (Å²) in [5, 5.41) is 0. The normalized spacial score (nSPS) is 11.2. The van der Waals surface area contributed by atoms with E-state index < -0.39 is 0 Å². The van der Waals surface area contributed by atoms with Gasteiger partial charge < -0.3 is 11.5 Å². The molecule has 0 bridgehead atoms. The lowest BCUT2D eigenvalue weighted by Crippen LogP contribution is -2.00. The Balaban J connectivity index is 1.29. The standard InChI is InChI=1S/C42H56N2/c1-3-5-9-15-39-31-35(29-33-19-25-41(43)26-20-33)17-23-37(39)13-11-7-8-12-14-38-24-18-36(32-40(38)16-10-6-4-2)30-34-21-27-42(44)28-22-34/h17-28,31-32H,3-16,29-30,43-44H2,1-2H3. The second-order valence-electron chi connectivity index (χ2n) is 12.9. The maximum Gasteiger partial charge on any atom is 0.0314 e. The van der Waals surface area contributed by atoms with Crippen LogP contribution in [0.2, 0.25) is 0 Å². The lowest BCUT2D eigenvalue weighted by molar-refractivity contribution is 0.633. The molecular formula is C42H56N2. The van der Waals surface area contributed by atoms with Crippen LogP contribution in [0.25, 0.3) is 0 Å². The minimum absolute atomic E-state index is 0.833. The number of unbranched alkanes of at least 4 members (excludes halogenated alkanes) is 7. The molecule has 2 heteroatoms. The fourth-order valence-corrected chi connectivity index (χ4v) is 6.39. The lowest BCUT2D eigenvalue weighted by Gasteiger charge is -2.14. The summed E-state index contributed by atoms with van der Waals surface area (Å²) >= 11 is 0. The third-order valence-electron chi connectivity index (χ3n) is 9.06. The summed E-state index contributed by atoms with van der Waals surface area (Å²) in [7, 11) is 0. The molecule has 0 unspecified atom stereocenters. The van der Waals surface area contributed by atoms with Crippen molar-refractivity contribution >= 4 is 11.4 Å². The Morgan fingerprint density at radius 2 is 0.705 bits per heavy atom. The summed E-state index contributed by atoms with van der Waals surface area (Å²) in [6.07, 6.45) is 19.7. The number of hydrogen-bond acceptors (Lipinski definition) is 2. The van der Waals surface area contributed by atoms with Gasteiger partial charge in [0, 0.05) is 11.4 Å². The zero-order chi connectivity index (χ0) is 31.0. The summed E-state index contributed by atoms with van der Waals surface area (Å²) in [6.45, 7) is 4.59. The van der Waals surface area contributed by atoms with Gasteiger partial charge in [-0.05, 0) is 133 Å². The van der Waals surface area contributed by atoms with E-state index in [1.54, 1.807) is 22.3 Å². The van der Waals surface area contributed by atoms with E-state index in [2.05, 4.69) is 74.5 Å². The first-order valence-electron chi connectivity index (χ1n) is 17.4. The fourth-order valence-electron chi connectivity index (χ4n) is 6.39. The van der Waals surface area contributed by atoms with Gasteiger partial charge in [-0.2, -0.15) is 0 Å². The largest absolute Gasteiger partial charge is 0.399 e. The summed E-state index contributed by atoms with van der Waals surface area (Å²) in [5.74, 6) is 0. The van der Waals surface area contributed by atoms with Crippen molar-refractivity contribution in [3.63, 3.8) is 0 Å². The van der Waals surface area contributed by atoms with Crippen LogP contribution in [0.4, 0.5) is 11.4 Å². The average molecular weight is 589 g/mol. The van der Waals surface area contributed by atoms with E-state index >= 15 is 0 Å². The Morgan fingerprint density at radius 1 is 0.364 bits per heavy atom. The smallest absolute Gasteiger partial charge is 0.0314 e. The number of anilines is 2. The van der Waals surface area contributed by atoms with Gasteiger partial charge in [-0.3, -0.25) is 0 Å². The second-order valence-corrected chi connectivity index (χ2v) is 12.9. The quantitative estimate of drug-likeness (QED) is 0.0845. The number of rotatable bonds is 19. The highest BCUT2D eigenvalue weighted by molar-refractivity contribution is 5.43. The van der Waals surface area contributed by atoms with E-state index in [1.165, 1.54) is 112 Å². The van der Waals surface area contributed by atoms with Crippen molar-refractivity contribution in [1.82, 2.24) is 0 Å². The van der Waals surface area contributed by atoms with Gasteiger partial charge in [-0.15, -0.1) is 0 Å². The number of aryl methyl sites for hydroxylation is 4. The molecule has 0 aromatic heterocycles. The fraction of sp³-hybridized carbons (Fsp3) is 0.429. The van der Waals surface area contributed by atoms with Gasteiger partial charge in [0.1, 0.15) is 0 Å². The summed E-state index contributed by atoms with van der Waals surface area (Å²) in [4.78, 5) is 0. The molecule has 0 heterocycles. The van der Waals surface area contributed by atoms with Crippen LogP contribution in [0.3, 0.4) is 0 Å². The second kappa shape index (κ2) is 18.3. The van der Waals surface area contributed by atoms with E-state index in [-0.39, 0.29) is 0 Å². The first-order chi connectivity index (χ1) is 21.5. The van der Waals surface area contributed by atoms with Gasteiger partial charge in [-0.1, -0.05) is 113 Å². The third kappa shape index (κ3) is 11.2. The molecule has 0 fully saturated rings. The predicted molar refractivity (Wildman–Crippen MR) is 193 cm³/mol. The summed E-state index contributed by atoms with van der Waals surface area (Å²) < 4.78 is 0. The topological polar surface area (TPSA) is 52.0 Å². The van der Waals surface area contributed by atoms with Gasteiger partial charge in [0.05, 0.1) is 0 Å². The Morgan fingerprint density at radius 3 is 1.09 bits per heavy atom. The summed E-state index contributed by atoms with van der Waals surface area (Å²) in [5.41, 5.74) is 25.2. The molecule has 0 aliphatic carbocycles. The molecule has 4 aromatic carbocycles. The van der Waals surface area contributed by atoms with Gasteiger partial charge in [0.15, 0.2) is 0 Å². The molecule has 0 aliphatic heterocycles. The van der Waals surface area contributed by atoms with Crippen molar-refractivity contribution in [3.05, 3.63) is 129 Å². The highest BCUT2D eigenvalue weighted by Gasteiger charge is 2.08. The highest BCUT2D eigenvalue weighted by atomic mass is 14.5. The van der Waals surface area contributed by atoms with Crippen molar-refractivity contribution in [2.75, 3.05) is 11.5 Å². The van der Waals surface area contributed by atoms with E-state index in [4.69, 9.17) is 11.5 Å². The van der Waals surface area contributed by atoms with Gasteiger partial charge in [-0.25, -0.2) is 0 Å². The van der Waals surface area contributed by atoms with Crippen LogP contribution in [0.15, 0.2) is 84.9 Å². The van der Waals surface area contributed by atoms with Gasteiger partial charge in [0.25, 0.3) is 0 Å². The first-order valence-corrected chi connectivity index (χ1v) is 17.4. The van der Waals surface area contributed by atoms with Crippen LogP contribution in [0.5, 0.6) is 0 Å². The molecule has 0 saturated heterocycles. The van der Waals surface area contributed by atoms with Crippen LogP contribution in [-0.2, 0) is 38.5 Å². The van der Waals surface area contributed by atoms with Gasteiger partial charge >= 0.3 is 0 Å². The highest BCUT2D eigenvalue weighted by Crippen LogP contribution is 2.23. The lowest BCUT2D eigenvalue weighted by atomic mass is 9.92. The van der Waals surface area contributed by atoms with Crippen molar-refractivity contribution in [3.8, 4) is 0 Å². The van der Waals surface area contributed by atoms with E-state index in [0.717, 1.165) is 24.2 Å². The molecule has 2 nitrogen and oxygen atoms in total. The average Bonchev–Trinajstić information content (AvgIpc) is 3.03. The molecule has 0 atom stereocenters. The molecule has 4 N–H and O–H groups in total. The Kier molecular flexibility index (Phi) is 13.9. The van der Waals surface area contributed by atoms with E-state index in [9.17, 15) is 0 Å². The molecule has 0 amide bonds. The maximum atomic E-state index is 5.90. The molecule has 4 aromatic rings. The number of nitrogens with two attached hydrogens (primary N) is 2. The minimum atomic E-state index is 0.833. The molecule has 0 aliphatic rings. The third-order valence-corrected chi connectivity index (χ3v) is 9.06. The van der Waals surface area contributed by atoms with Crippen LogP contribution in [-0.4, -0.2) is 0 Å². The number of hydrogen-bond donors (Lipinski definition) is 2. The molecule has 0 spiro atoms. The summed E-state index contributed by atoms with van der Waals surface area (Å²) in [6, 6.07) is 31.2. The molecule has 4 rings (SSSR count). The maximum absolute atomic E-state index is 5.90. The Bertz CT molecular complexity index is 1280. The van der Waals surface area contributed by atoms with Crippen LogP contribution < -0.4 is 11.5 Å². The Labute approximate surface area is 268 Å². The Hall–Kier alpha value is -3.52. The number of benzene rings is 4. The molecular weight excluding hydrogens is 532 g/mol. The molecule has 0 radical (unpaired) electrons. The van der Waals surface area contributed by atoms with Gasteiger partial charge in [0.2, 0.25) is 0 Å². The number of nitrogen functional groups attached to an aromatic ring is 2. The van der Waals surface area contributed by atoms with Crippen LogP contribution in [0, 0.1) is 0 Å². The van der Waals surface area contributed by atoms with Crippen LogP contribution >= 0.6 is 0 Å². The van der Waals surface area contributed by atoms with Crippen molar-refractivity contribution in [2.24, 2.45) is 0 Å². The van der Waals surface area contributed by atoms with E-state index in [1.807, 2.05) is 24.3 Å². The molecule has 234 valence electrons. The monoisotopic (exact) mass is 588 g/mol. The zero-order valence-electron chi connectivity index (χ0n) is 27.6. The van der Waals surface area contributed by atoms with Crippen molar-refractivity contribution in [2.45, 2.75) is 117 Å². The van der Waals surface area contributed by atoms with Crippen molar-refractivity contribution < 1.29 is 0 Å². The molecule has 44 heavy (non-hydrogen) atoms. The first kappa shape index (κ1) is 33.4. The van der Waals surface area contributed by atoms with Crippen LogP contribution in [0.1, 0.15) is 123 Å². The predicted octanol–water partition coefficient (Wildman–Crippen LogP) is 10.8.